The summed E-state index contributed by atoms with van der Waals surface area (Å²) in [5.41, 5.74) is 0. The summed E-state index contributed by atoms with van der Waals surface area (Å²) in [6.45, 7) is -0.0472. The molecule has 19 heavy (non-hydrogen) atoms. The Bertz CT molecular complexity index is 356. The van der Waals surface area contributed by atoms with Gasteiger partial charge in [0.1, 0.15) is 6.10 Å². The second-order valence-corrected chi connectivity index (χ2v) is 4.71. The van der Waals surface area contributed by atoms with E-state index in [4.69, 9.17) is 9.84 Å². The highest BCUT2D eigenvalue weighted by molar-refractivity contribution is 5.78. The van der Waals surface area contributed by atoms with Gasteiger partial charge in [0.25, 0.3) is 0 Å². The SMILES string of the molecule is CN(C)CC(=O)N[C@H]1C=C[C@H](CC(=O)O)O[C@H]1CO. The second-order valence-electron chi connectivity index (χ2n) is 4.71. The van der Waals surface area contributed by atoms with Crippen LogP contribution in [-0.2, 0) is 14.3 Å². The fraction of sp³-hybridized carbons (Fsp3) is 0.667. The standard InChI is InChI=1S/C12H20N2O5/c1-14(2)6-11(16)13-9-4-3-8(5-12(17)18)19-10(9)7-15/h3-4,8-10,15H,5-7H2,1-2H3,(H,13,16)(H,17,18)/t8-,9+,10+/m1/s1. The van der Waals surface area contributed by atoms with E-state index in [-0.39, 0.29) is 25.5 Å². The molecule has 108 valence electrons. The number of amides is 1. The van der Waals surface area contributed by atoms with Crippen LogP contribution in [0.1, 0.15) is 6.42 Å². The lowest BCUT2D eigenvalue weighted by atomic mass is 10.0. The first kappa shape index (κ1) is 15.6. The van der Waals surface area contributed by atoms with E-state index < -0.39 is 24.2 Å². The van der Waals surface area contributed by atoms with Crippen molar-refractivity contribution in [2.75, 3.05) is 27.2 Å². The second kappa shape index (κ2) is 7.22. The van der Waals surface area contributed by atoms with Gasteiger partial charge in [-0.3, -0.25) is 9.59 Å². The van der Waals surface area contributed by atoms with Gasteiger partial charge in [0.15, 0.2) is 0 Å². The Labute approximate surface area is 111 Å². The summed E-state index contributed by atoms with van der Waals surface area (Å²) in [6.07, 6.45) is 1.91. The minimum atomic E-state index is -0.971. The number of hydrogen-bond donors (Lipinski definition) is 3. The molecule has 0 fully saturated rings. The first-order valence-electron chi connectivity index (χ1n) is 6.03. The Kier molecular flexibility index (Phi) is 5.94. The van der Waals surface area contributed by atoms with Gasteiger partial charge in [-0.15, -0.1) is 0 Å². The van der Waals surface area contributed by atoms with E-state index >= 15 is 0 Å². The van der Waals surface area contributed by atoms with Gasteiger partial charge in [-0.25, -0.2) is 0 Å². The Morgan fingerprint density at radius 2 is 2.05 bits per heavy atom. The van der Waals surface area contributed by atoms with Crippen LogP contribution in [0.3, 0.4) is 0 Å². The molecule has 1 amide bonds. The Morgan fingerprint density at radius 1 is 1.37 bits per heavy atom. The predicted molar refractivity (Wildman–Crippen MR) is 67.6 cm³/mol. The Morgan fingerprint density at radius 3 is 2.58 bits per heavy atom. The molecular weight excluding hydrogens is 252 g/mol. The van der Waals surface area contributed by atoms with E-state index in [2.05, 4.69) is 5.32 Å². The smallest absolute Gasteiger partial charge is 0.306 e. The highest BCUT2D eigenvalue weighted by Gasteiger charge is 2.28. The van der Waals surface area contributed by atoms with Crippen LogP contribution < -0.4 is 5.32 Å². The highest BCUT2D eigenvalue weighted by atomic mass is 16.5. The molecule has 7 heteroatoms. The number of hydrogen-bond acceptors (Lipinski definition) is 5. The van der Waals surface area contributed by atoms with E-state index in [9.17, 15) is 14.7 Å². The number of carboxylic acids is 1. The van der Waals surface area contributed by atoms with Gasteiger partial charge in [0.2, 0.25) is 5.91 Å². The molecule has 0 aromatic heterocycles. The molecule has 1 aliphatic rings. The molecule has 0 aliphatic carbocycles. The first-order valence-corrected chi connectivity index (χ1v) is 6.03. The summed E-state index contributed by atoms with van der Waals surface area (Å²) in [6, 6.07) is -0.442. The van der Waals surface area contributed by atoms with Crippen molar-refractivity contribution in [2.24, 2.45) is 0 Å². The lowest BCUT2D eigenvalue weighted by molar-refractivity contribution is -0.142. The average molecular weight is 272 g/mol. The fourth-order valence-electron chi connectivity index (χ4n) is 1.83. The maximum atomic E-state index is 11.6. The Hall–Kier alpha value is -1.44. The van der Waals surface area contributed by atoms with Gasteiger partial charge >= 0.3 is 5.97 Å². The van der Waals surface area contributed by atoms with Crippen molar-refractivity contribution in [3.63, 3.8) is 0 Å². The summed E-state index contributed by atoms with van der Waals surface area (Å²) in [7, 11) is 3.55. The number of nitrogens with one attached hydrogen (secondary N) is 1. The monoisotopic (exact) mass is 272 g/mol. The van der Waals surface area contributed by atoms with E-state index in [1.807, 2.05) is 0 Å². The number of carboxylic acid groups (broad SMARTS) is 1. The quantitative estimate of drug-likeness (QED) is 0.527. The molecular formula is C12H20N2O5. The van der Waals surface area contributed by atoms with Crippen molar-refractivity contribution >= 4 is 11.9 Å². The van der Waals surface area contributed by atoms with Crippen molar-refractivity contribution in [1.29, 1.82) is 0 Å². The molecule has 1 aliphatic heterocycles. The van der Waals surface area contributed by atoms with E-state index in [1.165, 1.54) is 0 Å². The van der Waals surface area contributed by atoms with Crippen molar-refractivity contribution in [2.45, 2.75) is 24.7 Å². The summed E-state index contributed by atoms with van der Waals surface area (Å²) in [5, 5.41) is 20.6. The molecule has 7 nitrogen and oxygen atoms in total. The zero-order chi connectivity index (χ0) is 14.4. The molecule has 0 bridgehead atoms. The number of nitrogens with zero attached hydrogens (tertiary/aromatic N) is 1. The number of carbonyl (C=O) groups is 2. The van der Waals surface area contributed by atoms with Crippen molar-refractivity contribution in [3.05, 3.63) is 12.2 Å². The summed E-state index contributed by atoms with van der Waals surface area (Å²) in [4.78, 5) is 23.9. The summed E-state index contributed by atoms with van der Waals surface area (Å²) < 4.78 is 5.42. The zero-order valence-corrected chi connectivity index (χ0v) is 11.1. The number of aliphatic carboxylic acids is 1. The van der Waals surface area contributed by atoms with Gasteiger partial charge in [-0.05, 0) is 14.1 Å². The lowest BCUT2D eigenvalue weighted by Gasteiger charge is -2.31. The summed E-state index contributed by atoms with van der Waals surface area (Å²) >= 11 is 0. The fourth-order valence-corrected chi connectivity index (χ4v) is 1.83. The van der Waals surface area contributed by atoms with Gasteiger partial charge in [0.05, 0.1) is 31.7 Å². The van der Waals surface area contributed by atoms with E-state index in [1.54, 1.807) is 31.1 Å². The first-order chi connectivity index (χ1) is 8.92. The van der Waals surface area contributed by atoms with Crippen LogP contribution >= 0.6 is 0 Å². The van der Waals surface area contributed by atoms with E-state index in [0.29, 0.717) is 0 Å². The molecule has 0 aromatic rings. The van der Waals surface area contributed by atoms with Crippen molar-refractivity contribution in [3.8, 4) is 0 Å². The molecule has 0 radical (unpaired) electrons. The number of aliphatic hydroxyl groups excluding tert-OH is 1. The van der Waals surface area contributed by atoms with Crippen molar-refractivity contribution in [1.82, 2.24) is 10.2 Å². The molecule has 0 saturated carbocycles. The van der Waals surface area contributed by atoms with Gasteiger partial charge in [0, 0.05) is 0 Å². The van der Waals surface area contributed by atoms with Crippen molar-refractivity contribution < 1.29 is 24.5 Å². The van der Waals surface area contributed by atoms with Crippen LogP contribution in [0.15, 0.2) is 12.2 Å². The van der Waals surface area contributed by atoms with Crippen LogP contribution in [0, 0.1) is 0 Å². The van der Waals surface area contributed by atoms with E-state index in [0.717, 1.165) is 0 Å². The number of rotatable bonds is 6. The van der Waals surface area contributed by atoms with Gasteiger partial charge < -0.3 is 25.2 Å². The van der Waals surface area contributed by atoms with Gasteiger partial charge in [-0.1, -0.05) is 12.2 Å². The third-order valence-electron chi connectivity index (χ3n) is 2.63. The maximum Gasteiger partial charge on any atom is 0.306 e. The third kappa shape index (κ3) is 5.37. The average Bonchev–Trinajstić information content (AvgIpc) is 2.29. The van der Waals surface area contributed by atoms with Crippen LogP contribution in [-0.4, -0.2) is 72.5 Å². The van der Waals surface area contributed by atoms with Crippen LogP contribution in [0.25, 0.3) is 0 Å². The largest absolute Gasteiger partial charge is 0.481 e. The normalized spacial score (nSPS) is 26.4. The predicted octanol–water partition coefficient (Wildman–Crippen LogP) is -1.18. The number of aliphatic hydroxyl groups is 1. The highest BCUT2D eigenvalue weighted by Crippen LogP contribution is 2.15. The topological polar surface area (TPSA) is 99.1 Å². The number of likely N-dealkylation sites (N-methyl/N-ethyl adjacent to an activating group) is 1. The lowest BCUT2D eigenvalue weighted by Crippen LogP contribution is -2.50. The molecule has 3 atom stereocenters. The summed E-state index contributed by atoms with van der Waals surface area (Å²) in [5.74, 6) is -1.15. The van der Waals surface area contributed by atoms with Gasteiger partial charge in [-0.2, -0.15) is 0 Å². The third-order valence-corrected chi connectivity index (χ3v) is 2.63. The molecule has 0 saturated heterocycles. The molecule has 1 rings (SSSR count). The minimum absolute atomic E-state index is 0.161. The van der Waals surface area contributed by atoms with Crippen LogP contribution in [0.5, 0.6) is 0 Å². The minimum Gasteiger partial charge on any atom is -0.481 e. The maximum absolute atomic E-state index is 11.6. The van der Waals surface area contributed by atoms with Crippen LogP contribution in [0.4, 0.5) is 0 Å². The molecule has 1 heterocycles. The zero-order valence-electron chi connectivity index (χ0n) is 11.1. The number of ether oxygens (including phenoxy) is 1. The molecule has 0 aromatic carbocycles. The Balaban J connectivity index is 2.58. The van der Waals surface area contributed by atoms with Crippen LogP contribution in [0.2, 0.25) is 0 Å². The molecule has 0 spiro atoms. The molecule has 3 N–H and O–H groups in total. The number of carbonyl (C=O) groups excluding carboxylic acids is 1. The molecule has 0 unspecified atom stereocenters.